The Balaban J connectivity index is 2.39. The third kappa shape index (κ3) is 3.87. The lowest BCUT2D eigenvalue weighted by Crippen LogP contribution is -2.19. The summed E-state index contributed by atoms with van der Waals surface area (Å²) in [4.78, 5) is 1.92. The number of hydrogen-bond acceptors (Lipinski definition) is 5. The van der Waals surface area contributed by atoms with Gasteiger partial charge in [0, 0.05) is 13.6 Å². The number of aromatic nitrogens is 2. The Labute approximate surface area is 90.9 Å². The van der Waals surface area contributed by atoms with Crippen molar-refractivity contribution in [1.29, 1.82) is 0 Å². The summed E-state index contributed by atoms with van der Waals surface area (Å²) < 4.78 is 5.46. The highest BCUT2D eigenvalue weighted by Gasteiger charge is 2.08. The summed E-state index contributed by atoms with van der Waals surface area (Å²) in [5.41, 5.74) is 0. The monoisotopic (exact) mass is 212 g/mol. The topological polar surface area (TPSA) is 54.2 Å². The van der Waals surface area contributed by atoms with Crippen molar-refractivity contribution in [2.75, 3.05) is 25.0 Å². The van der Waals surface area contributed by atoms with Crippen molar-refractivity contribution in [3.05, 3.63) is 5.89 Å². The van der Waals surface area contributed by atoms with E-state index in [-0.39, 0.29) is 0 Å². The first kappa shape index (κ1) is 12.0. The summed E-state index contributed by atoms with van der Waals surface area (Å²) in [6.45, 7) is 8.83. The van der Waals surface area contributed by atoms with Gasteiger partial charge in [0.15, 0.2) is 0 Å². The minimum Gasteiger partial charge on any atom is -0.407 e. The van der Waals surface area contributed by atoms with E-state index in [0.717, 1.165) is 13.1 Å². The van der Waals surface area contributed by atoms with Crippen molar-refractivity contribution in [2.24, 2.45) is 5.92 Å². The quantitative estimate of drug-likeness (QED) is 0.769. The fourth-order valence-corrected chi connectivity index (χ4v) is 1.07. The van der Waals surface area contributed by atoms with Crippen molar-refractivity contribution in [2.45, 2.75) is 27.3 Å². The zero-order chi connectivity index (χ0) is 11.3. The molecule has 86 valence electrons. The first-order valence-corrected chi connectivity index (χ1v) is 5.37. The van der Waals surface area contributed by atoms with E-state index in [1.165, 1.54) is 0 Å². The van der Waals surface area contributed by atoms with Crippen LogP contribution in [0.2, 0.25) is 0 Å². The van der Waals surface area contributed by atoms with Gasteiger partial charge >= 0.3 is 6.01 Å². The van der Waals surface area contributed by atoms with Crippen LogP contribution in [0.4, 0.5) is 6.01 Å². The molecular formula is C10H20N4O. The maximum atomic E-state index is 5.46. The highest BCUT2D eigenvalue weighted by atomic mass is 16.4. The molecule has 0 aromatic carbocycles. The van der Waals surface area contributed by atoms with Crippen LogP contribution < -0.4 is 10.2 Å². The first-order chi connectivity index (χ1) is 7.13. The molecule has 0 fully saturated rings. The lowest BCUT2D eigenvalue weighted by atomic mass is 10.2. The second kappa shape index (κ2) is 5.70. The molecule has 0 saturated heterocycles. The van der Waals surface area contributed by atoms with E-state index in [4.69, 9.17) is 4.42 Å². The van der Waals surface area contributed by atoms with Crippen molar-refractivity contribution in [3.8, 4) is 0 Å². The van der Waals surface area contributed by atoms with E-state index in [0.29, 0.717) is 24.4 Å². The van der Waals surface area contributed by atoms with Gasteiger partial charge in [-0.15, -0.1) is 5.10 Å². The summed E-state index contributed by atoms with van der Waals surface area (Å²) >= 11 is 0. The third-order valence-electron chi connectivity index (χ3n) is 2.09. The summed E-state index contributed by atoms with van der Waals surface area (Å²) in [6, 6.07) is 0.582. The van der Waals surface area contributed by atoms with E-state index in [2.05, 4.69) is 29.4 Å². The minimum atomic E-state index is 0.582. The minimum absolute atomic E-state index is 0.582. The second-order valence-electron chi connectivity index (χ2n) is 4.02. The summed E-state index contributed by atoms with van der Waals surface area (Å²) in [6.07, 6.45) is 0. The zero-order valence-electron chi connectivity index (χ0n) is 9.95. The van der Waals surface area contributed by atoms with Gasteiger partial charge in [-0.3, -0.25) is 0 Å². The number of rotatable bonds is 6. The Kier molecular flexibility index (Phi) is 4.55. The van der Waals surface area contributed by atoms with Crippen LogP contribution in [-0.4, -0.2) is 30.3 Å². The van der Waals surface area contributed by atoms with Crippen molar-refractivity contribution in [1.82, 2.24) is 15.5 Å². The lowest BCUT2D eigenvalue weighted by molar-refractivity contribution is 0.451. The highest BCUT2D eigenvalue weighted by Crippen LogP contribution is 2.09. The van der Waals surface area contributed by atoms with Gasteiger partial charge in [-0.2, -0.15) is 0 Å². The summed E-state index contributed by atoms with van der Waals surface area (Å²) in [5, 5.41) is 11.2. The molecule has 1 aromatic rings. The van der Waals surface area contributed by atoms with Crippen LogP contribution in [0.15, 0.2) is 4.42 Å². The predicted octanol–water partition coefficient (Wildman–Crippen LogP) is 1.27. The van der Waals surface area contributed by atoms with Gasteiger partial charge in [0.2, 0.25) is 5.89 Å². The lowest BCUT2D eigenvalue weighted by Gasteiger charge is -2.09. The largest absolute Gasteiger partial charge is 0.407 e. The third-order valence-corrected chi connectivity index (χ3v) is 2.09. The van der Waals surface area contributed by atoms with Gasteiger partial charge < -0.3 is 14.6 Å². The fraction of sp³-hybridized carbons (Fsp3) is 0.800. The molecule has 1 aromatic heterocycles. The molecule has 0 aliphatic rings. The van der Waals surface area contributed by atoms with Crippen LogP contribution in [-0.2, 0) is 6.54 Å². The number of nitrogens with zero attached hydrogens (tertiary/aromatic N) is 3. The number of nitrogens with one attached hydrogen (secondary N) is 1. The molecule has 5 heteroatoms. The summed E-state index contributed by atoms with van der Waals surface area (Å²) in [5.74, 6) is 1.27. The molecule has 0 spiro atoms. The average molecular weight is 212 g/mol. The molecule has 0 bridgehead atoms. The molecule has 1 N–H and O–H groups in total. The Morgan fingerprint density at radius 2 is 2.13 bits per heavy atom. The van der Waals surface area contributed by atoms with E-state index >= 15 is 0 Å². The van der Waals surface area contributed by atoms with Crippen LogP contribution in [0.3, 0.4) is 0 Å². The van der Waals surface area contributed by atoms with Gasteiger partial charge in [0.1, 0.15) is 0 Å². The van der Waals surface area contributed by atoms with Gasteiger partial charge in [-0.1, -0.05) is 18.9 Å². The molecule has 0 atom stereocenters. The average Bonchev–Trinajstić information content (AvgIpc) is 2.65. The van der Waals surface area contributed by atoms with Gasteiger partial charge in [-0.05, 0) is 19.4 Å². The molecule has 15 heavy (non-hydrogen) atoms. The van der Waals surface area contributed by atoms with Gasteiger partial charge in [0.05, 0.1) is 6.54 Å². The zero-order valence-corrected chi connectivity index (χ0v) is 9.95. The standard InChI is InChI=1S/C10H20N4O/c1-5-14(4)10-13-12-9(15-10)7-11-6-8(2)3/h8,11H,5-7H2,1-4H3. The highest BCUT2D eigenvalue weighted by molar-refractivity contribution is 5.20. The van der Waals surface area contributed by atoms with Crippen molar-refractivity contribution < 1.29 is 4.42 Å². The van der Waals surface area contributed by atoms with Crippen LogP contribution in [0.5, 0.6) is 0 Å². The molecule has 0 amide bonds. The van der Waals surface area contributed by atoms with Crippen LogP contribution in [0.25, 0.3) is 0 Å². The molecule has 0 radical (unpaired) electrons. The Bertz CT molecular complexity index is 285. The Morgan fingerprint density at radius 1 is 1.40 bits per heavy atom. The van der Waals surface area contributed by atoms with E-state index in [1.807, 2.05) is 18.9 Å². The maximum absolute atomic E-state index is 5.46. The van der Waals surface area contributed by atoms with Gasteiger partial charge in [0.25, 0.3) is 0 Å². The molecule has 1 heterocycles. The molecule has 0 saturated carbocycles. The number of anilines is 1. The smallest absolute Gasteiger partial charge is 0.317 e. The maximum Gasteiger partial charge on any atom is 0.317 e. The molecule has 0 aliphatic carbocycles. The first-order valence-electron chi connectivity index (χ1n) is 5.37. The SMILES string of the molecule is CCN(C)c1nnc(CNCC(C)C)o1. The summed E-state index contributed by atoms with van der Waals surface area (Å²) in [7, 11) is 1.93. The fourth-order valence-electron chi connectivity index (χ4n) is 1.07. The molecule has 0 aliphatic heterocycles. The van der Waals surface area contributed by atoms with Gasteiger partial charge in [-0.25, -0.2) is 0 Å². The number of hydrogen-bond donors (Lipinski definition) is 1. The molecular weight excluding hydrogens is 192 g/mol. The van der Waals surface area contributed by atoms with Crippen LogP contribution in [0.1, 0.15) is 26.7 Å². The molecule has 1 rings (SSSR count). The Morgan fingerprint density at radius 3 is 2.73 bits per heavy atom. The second-order valence-corrected chi connectivity index (χ2v) is 4.02. The van der Waals surface area contributed by atoms with E-state index < -0.39 is 0 Å². The van der Waals surface area contributed by atoms with E-state index in [9.17, 15) is 0 Å². The molecule has 5 nitrogen and oxygen atoms in total. The normalized spacial score (nSPS) is 11.0. The van der Waals surface area contributed by atoms with Crippen molar-refractivity contribution in [3.63, 3.8) is 0 Å². The van der Waals surface area contributed by atoms with Crippen LogP contribution >= 0.6 is 0 Å². The molecule has 0 unspecified atom stereocenters. The van der Waals surface area contributed by atoms with Crippen molar-refractivity contribution >= 4 is 6.01 Å². The van der Waals surface area contributed by atoms with E-state index in [1.54, 1.807) is 0 Å². The van der Waals surface area contributed by atoms with Crippen LogP contribution in [0, 0.1) is 5.92 Å². The predicted molar refractivity (Wildman–Crippen MR) is 59.8 cm³/mol. The Hall–Kier alpha value is -1.10.